The van der Waals surface area contributed by atoms with Crippen LogP contribution in [0, 0.1) is 0 Å². The van der Waals surface area contributed by atoms with E-state index in [4.69, 9.17) is 16.3 Å². The fraction of sp³-hybridized carbons (Fsp3) is 0.421. The number of amides is 1. The third-order valence-corrected chi connectivity index (χ3v) is 4.70. The summed E-state index contributed by atoms with van der Waals surface area (Å²) in [6, 6.07) is 10.3. The van der Waals surface area contributed by atoms with E-state index in [-0.39, 0.29) is 29.7 Å². The van der Waals surface area contributed by atoms with E-state index in [2.05, 4.69) is 10.4 Å². The Morgan fingerprint density at radius 2 is 2.12 bits per heavy atom. The number of benzene rings is 1. The summed E-state index contributed by atoms with van der Waals surface area (Å²) in [6.07, 6.45) is 1.50. The van der Waals surface area contributed by atoms with Crippen LogP contribution in [0.4, 0.5) is 0 Å². The van der Waals surface area contributed by atoms with Crippen LogP contribution in [0.25, 0.3) is 11.3 Å². The lowest BCUT2D eigenvalue weighted by atomic mass is 9.94. The van der Waals surface area contributed by atoms with Crippen molar-refractivity contribution in [1.29, 1.82) is 0 Å². The van der Waals surface area contributed by atoms with Gasteiger partial charge >= 0.3 is 0 Å². The van der Waals surface area contributed by atoms with Gasteiger partial charge in [-0.1, -0.05) is 29.8 Å². The molecule has 0 radical (unpaired) electrons. The first kappa shape index (κ1) is 18.6. The third kappa shape index (κ3) is 4.51. The number of carbonyl (C=O) groups excluding carboxylic acids is 1. The lowest BCUT2D eigenvalue weighted by Crippen LogP contribution is -2.47. The van der Waals surface area contributed by atoms with Gasteiger partial charge in [0.05, 0.1) is 16.3 Å². The molecule has 1 aromatic heterocycles. The highest BCUT2D eigenvalue weighted by Crippen LogP contribution is 2.25. The first-order valence-corrected chi connectivity index (χ1v) is 8.98. The summed E-state index contributed by atoms with van der Waals surface area (Å²) >= 11 is 6.19. The zero-order valence-corrected chi connectivity index (χ0v) is 15.6. The molecule has 138 valence electrons. The molecule has 1 aromatic carbocycles. The number of aromatic nitrogens is 2. The molecule has 2 aromatic rings. The molecule has 2 heterocycles. The summed E-state index contributed by atoms with van der Waals surface area (Å²) < 4.78 is 6.82. The van der Waals surface area contributed by atoms with Crippen LogP contribution in [-0.2, 0) is 16.1 Å². The number of hydrogen-bond donors (Lipinski definition) is 1. The molecule has 1 aliphatic heterocycles. The van der Waals surface area contributed by atoms with Gasteiger partial charge in [0, 0.05) is 24.3 Å². The molecule has 1 N–H and O–H groups in total. The maximum atomic E-state index is 12.4. The molecule has 1 atom stereocenters. The highest BCUT2D eigenvalue weighted by molar-refractivity contribution is 6.33. The van der Waals surface area contributed by atoms with Crippen molar-refractivity contribution in [3.8, 4) is 11.3 Å². The van der Waals surface area contributed by atoms with Crippen LogP contribution in [0.5, 0.6) is 0 Å². The molecule has 0 aliphatic carbocycles. The van der Waals surface area contributed by atoms with Gasteiger partial charge in [-0.15, -0.1) is 0 Å². The Morgan fingerprint density at radius 3 is 2.85 bits per heavy atom. The Balaban J connectivity index is 1.73. The minimum absolute atomic E-state index is 0.0358. The minimum atomic E-state index is -0.330. The fourth-order valence-corrected chi connectivity index (χ4v) is 3.37. The number of nitrogens with zero attached hydrogens (tertiary/aromatic N) is 2. The Labute approximate surface area is 157 Å². The third-order valence-electron chi connectivity index (χ3n) is 4.37. The van der Waals surface area contributed by atoms with Gasteiger partial charge in [0.1, 0.15) is 6.54 Å². The van der Waals surface area contributed by atoms with Crippen molar-refractivity contribution in [2.45, 2.75) is 44.9 Å². The molecule has 1 fully saturated rings. The van der Waals surface area contributed by atoms with Gasteiger partial charge in [-0.25, -0.2) is 4.68 Å². The fourth-order valence-electron chi connectivity index (χ4n) is 3.14. The van der Waals surface area contributed by atoms with Gasteiger partial charge in [0.2, 0.25) is 5.91 Å². The molecular formula is C19H22ClN3O3. The molecule has 1 aliphatic rings. The summed E-state index contributed by atoms with van der Waals surface area (Å²) in [4.78, 5) is 24.5. The Morgan fingerprint density at radius 1 is 1.35 bits per heavy atom. The minimum Gasteiger partial charge on any atom is -0.375 e. The lowest BCUT2D eigenvalue weighted by Gasteiger charge is -2.35. The molecule has 6 nitrogen and oxygen atoms in total. The van der Waals surface area contributed by atoms with E-state index in [1.54, 1.807) is 12.1 Å². The molecule has 1 saturated heterocycles. The van der Waals surface area contributed by atoms with Crippen molar-refractivity contribution >= 4 is 17.5 Å². The Kier molecular flexibility index (Phi) is 5.44. The average molecular weight is 376 g/mol. The number of carbonyl (C=O) groups is 1. The van der Waals surface area contributed by atoms with Gasteiger partial charge in [0.25, 0.3) is 5.56 Å². The largest absolute Gasteiger partial charge is 0.375 e. The Hall–Kier alpha value is -2.18. The maximum Gasteiger partial charge on any atom is 0.267 e. The molecular weight excluding hydrogens is 354 g/mol. The summed E-state index contributed by atoms with van der Waals surface area (Å²) in [5.74, 6) is -0.237. The average Bonchev–Trinajstić information content (AvgIpc) is 2.56. The summed E-state index contributed by atoms with van der Waals surface area (Å²) in [7, 11) is 0. The molecule has 0 saturated carbocycles. The van der Waals surface area contributed by atoms with Crippen LogP contribution in [0.3, 0.4) is 0 Å². The normalized spacial score (nSPS) is 19.1. The number of hydrogen-bond acceptors (Lipinski definition) is 4. The van der Waals surface area contributed by atoms with E-state index in [1.165, 1.54) is 10.7 Å². The van der Waals surface area contributed by atoms with Gasteiger partial charge in [-0.3, -0.25) is 9.59 Å². The van der Waals surface area contributed by atoms with Crippen molar-refractivity contribution in [3.05, 3.63) is 51.8 Å². The highest BCUT2D eigenvalue weighted by atomic mass is 35.5. The zero-order chi connectivity index (χ0) is 18.7. The van der Waals surface area contributed by atoms with Gasteiger partial charge < -0.3 is 10.1 Å². The predicted molar refractivity (Wildman–Crippen MR) is 100 cm³/mol. The summed E-state index contributed by atoms with van der Waals surface area (Å²) in [5, 5.41) is 7.82. The Bertz CT molecular complexity index is 863. The van der Waals surface area contributed by atoms with Crippen molar-refractivity contribution in [2.75, 3.05) is 6.61 Å². The van der Waals surface area contributed by atoms with Gasteiger partial charge in [0.15, 0.2) is 0 Å². The SMILES string of the molecule is CC1(C)C[C@H](NC(=O)Cn2nc(-c3ccccc3Cl)ccc2=O)CCO1. The number of ether oxygens (including phenoxy) is 1. The molecule has 3 rings (SSSR count). The van der Waals surface area contributed by atoms with E-state index in [0.29, 0.717) is 17.3 Å². The molecule has 7 heteroatoms. The van der Waals surface area contributed by atoms with Crippen LogP contribution < -0.4 is 10.9 Å². The smallest absolute Gasteiger partial charge is 0.267 e. The van der Waals surface area contributed by atoms with Gasteiger partial charge in [-0.2, -0.15) is 5.10 Å². The van der Waals surface area contributed by atoms with Crippen molar-refractivity contribution in [2.24, 2.45) is 0 Å². The molecule has 0 unspecified atom stereocenters. The van der Waals surface area contributed by atoms with E-state index in [0.717, 1.165) is 18.4 Å². The second-order valence-electron chi connectivity index (χ2n) is 7.06. The monoisotopic (exact) mass is 375 g/mol. The standard InChI is InChI=1S/C19H22ClN3O3/c1-19(2)11-13(9-10-26-19)21-17(24)12-23-18(25)8-7-16(22-23)14-5-3-4-6-15(14)20/h3-8,13H,9-12H2,1-2H3,(H,21,24)/t13-/m1/s1. The molecule has 0 spiro atoms. The maximum absolute atomic E-state index is 12.4. The van der Waals surface area contributed by atoms with Crippen LogP contribution in [0.15, 0.2) is 41.2 Å². The highest BCUT2D eigenvalue weighted by Gasteiger charge is 2.29. The van der Waals surface area contributed by atoms with E-state index in [1.807, 2.05) is 32.0 Å². The van der Waals surface area contributed by atoms with E-state index in [9.17, 15) is 9.59 Å². The predicted octanol–water partition coefficient (Wildman–Crippen LogP) is 2.64. The topological polar surface area (TPSA) is 73.2 Å². The summed E-state index contributed by atoms with van der Waals surface area (Å²) in [6.45, 7) is 4.49. The number of rotatable bonds is 4. The second-order valence-corrected chi connectivity index (χ2v) is 7.47. The second kappa shape index (κ2) is 7.60. The summed E-state index contributed by atoms with van der Waals surface area (Å²) in [5.41, 5.74) is 0.683. The van der Waals surface area contributed by atoms with Crippen molar-refractivity contribution in [1.82, 2.24) is 15.1 Å². The lowest BCUT2D eigenvalue weighted by molar-refractivity contribution is -0.124. The van der Waals surface area contributed by atoms with Crippen LogP contribution >= 0.6 is 11.6 Å². The van der Waals surface area contributed by atoms with Crippen molar-refractivity contribution in [3.63, 3.8) is 0 Å². The molecule has 26 heavy (non-hydrogen) atoms. The first-order valence-electron chi connectivity index (χ1n) is 8.60. The van der Waals surface area contributed by atoms with E-state index >= 15 is 0 Å². The van der Waals surface area contributed by atoms with Crippen molar-refractivity contribution < 1.29 is 9.53 Å². The first-order chi connectivity index (χ1) is 12.3. The van der Waals surface area contributed by atoms with Crippen LogP contribution in [0.1, 0.15) is 26.7 Å². The van der Waals surface area contributed by atoms with Crippen LogP contribution in [-0.4, -0.2) is 33.9 Å². The molecule has 1 amide bonds. The van der Waals surface area contributed by atoms with E-state index < -0.39 is 0 Å². The quantitative estimate of drug-likeness (QED) is 0.891. The van der Waals surface area contributed by atoms with Crippen LogP contribution in [0.2, 0.25) is 5.02 Å². The number of halogens is 1. The zero-order valence-electron chi connectivity index (χ0n) is 14.9. The number of nitrogens with one attached hydrogen (secondary N) is 1. The van der Waals surface area contributed by atoms with Gasteiger partial charge in [-0.05, 0) is 38.8 Å². The molecule has 0 bridgehead atoms.